The molecule has 0 spiro atoms. The van der Waals surface area contributed by atoms with Gasteiger partial charge in [-0.25, -0.2) is 4.39 Å². The maximum absolute atomic E-state index is 13.3. The third-order valence-corrected chi connectivity index (χ3v) is 5.64. The van der Waals surface area contributed by atoms with Crippen molar-refractivity contribution >= 4 is 30.1 Å². The Morgan fingerprint density at radius 2 is 1.82 bits per heavy atom. The van der Waals surface area contributed by atoms with Gasteiger partial charge < -0.3 is 20.7 Å². The van der Waals surface area contributed by atoms with E-state index in [1.807, 2.05) is 30.3 Å². The molecule has 1 fully saturated rings. The van der Waals surface area contributed by atoms with Crippen molar-refractivity contribution in [3.05, 3.63) is 77.6 Å². The van der Waals surface area contributed by atoms with E-state index < -0.39 is 29.7 Å². The molecule has 2 aromatic rings. The van der Waals surface area contributed by atoms with Crippen LogP contribution < -0.4 is 16.0 Å². The molecule has 0 saturated carbocycles. The Kier molecular flexibility index (Phi) is 9.08. The van der Waals surface area contributed by atoms with Crippen LogP contribution in [0.4, 0.5) is 4.39 Å². The highest BCUT2D eigenvalue weighted by Crippen LogP contribution is 2.17. The lowest BCUT2D eigenvalue weighted by Crippen LogP contribution is -2.51. The molecule has 1 aliphatic heterocycles. The fraction of sp³-hybridized carbons (Fsp3) is 0.308. The Morgan fingerprint density at radius 1 is 1.09 bits per heavy atom. The molecule has 178 valence electrons. The Balaban J connectivity index is 1.69. The van der Waals surface area contributed by atoms with Gasteiger partial charge in [0, 0.05) is 25.0 Å². The monoisotopic (exact) mass is 465 g/mol. The molecule has 3 rings (SSSR count). The van der Waals surface area contributed by atoms with Crippen LogP contribution in [0.5, 0.6) is 0 Å². The van der Waals surface area contributed by atoms with Crippen LogP contribution in [0.1, 0.15) is 30.4 Å². The van der Waals surface area contributed by atoms with E-state index in [1.54, 1.807) is 6.08 Å². The van der Waals surface area contributed by atoms with Crippen LogP contribution in [0.25, 0.3) is 6.08 Å². The molecule has 34 heavy (non-hydrogen) atoms. The Bertz CT molecular complexity index is 1020. The fourth-order valence-corrected chi connectivity index (χ4v) is 3.82. The lowest BCUT2D eigenvalue weighted by molar-refractivity contribution is -0.130. The zero-order chi connectivity index (χ0) is 24.3. The minimum absolute atomic E-state index is 0.104. The molecule has 3 amide bonds. The van der Waals surface area contributed by atoms with Gasteiger partial charge in [-0.2, -0.15) is 0 Å². The van der Waals surface area contributed by atoms with E-state index in [1.165, 1.54) is 30.3 Å². The van der Waals surface area contributed by atoms with Gasteiger partial charge in [-0.05, 0) is 48.6 Å². The van der Waals surface area contributed by atoms with Crippen molar-refractivity contribution in [2.75, 3.05) is 6.54 Å². The minimum atomic E-state index is -0.999. The smallest absolute Gasteiger partial charge is 0.244 e. The zero-order valence-corrected chi connectivity index (χ0v) is 18.7. The number of benzene rings is 2. The van der Waals surface area contributed by atoms with Gasteiger partial charge in [-0.1, -0.05) is 42.5 Å². The molecule has 0 aromatic heterocycles. The number of carbonyl (C=O) groups excluding carboxylic acids is 4. The molecular weight excluding hydrogens is 437 g/mol. The largest absolute Gasteiger partial charge is 0.356 e. The SMILES string of the molecule is O=C[C@H](C[C@@H]1CCCNC1=O)NC(=O)[C@H](Cc1ccc(F)cc1)NC(=O)C=Cc1ccccc1. The molecule has 0 unspecified atom stereocenters. The lowest BCUT2D eigenvalue weighted by Gasteiger charge is -2.25. The Labute approximate surface area is 197 Å². The summed E-state index contributed by atoms with van der Waals surface area (Å²) in [6.07, 6.45) is 5.30. The molecule has 8 heteroatoms. The third-order valence-electron chi connectivity index (χ3n) is 5.64. The predicted octanol–water partition coefficient (Wildman–Crippen LogP) is 2.17. The summed E-state index contributed by atoms with van der Waals surface area (Å²) in [4.78, 5) is 49.2. The number of halogens is 1. The Morgan fingerprint density at radius 3 is 2.50 bits per heavy atom. The number of piperidine rings is 1. The number of aldehydes is 1. The van der Waals surface area contributed by atoms with E-state index >= 15 is 0 Å². The molecule has 7 nitrogen and oxygen atoms in total. The van der Waals surface area contributed by atoms with Gasteiger partial charge in [0.2, 0.25) is 17.7 Å². The number of nitrogens with one attached hydrogen (secondary N) is 3. The molecule has 2 aromatic carbocycles. The van der Waals surface area contributed by atoms with Crippen molar-refractivity contribution < 1.29 is 23.6 Å². The summed E-state index contributed by atoms with van der Waals surface area (Å²) in [5, 5.41) is 8.08. The van der Waals surface area contributed by atoms with Crippen molar-refractivity contribution in [2.24, 2.45) is 5.92 Å². The van der Waals surface area contributed by atoms with Gasteiger partial charge in [0.15, 0.2) is 0 Å². The molecular formula is C26H28FN3O4. The highest BCUT2D eigenvalue weighted by atomic mass is 19.1. The van der Waals surface area contributed by atoms with E-state index in [9.17, 15) is 23.6 Å². The first-order valence-electron chi connectivity index (χ1n) is 11.3. The summed E-state index contributed by atoms with van der Waals surface area (Å²) in [5.41, 5.74) is 1.46. The third kappa shape index (κ3) is 7.65. The van der Waals surface area contributed by atoms with E-state index in [4.69, 9.17) is 0 Å². The first kappa shape index (κ1) is 24.8. The van der Waals surface area contributed by atoms with Crippen LogP contribution in [0, 0.1) is 11.7 Å². The lowest BCUT2D eigenvalue weighted by atomic mass is 9.92. The van der Waals surface area contributed by atoms with E-state index in [2.05, 4.69) is 16.0 Å². The van der Waals surface area contributed by atoms with Crippen molar-refractivity contribution in [3.8, 4) is 0 Å². The molecule has 1 heterocycles. The average Bonchev–Trinajstić information content (AvgIpc) is 2.85. The molecule has 0 aliphatic carbocycles. The topological polar surface area (TPSA) is 104 Å². The zero-order valence-electron chi connectivity index (χ0n) is 18.7. The van der Waals surface area contributed by atoms with Gasteiger partial charge in [-0.15, -0.1) is 0 Å². The van der Waals surface area contributed by atoms with Crippen LogP contribution in [-0.2, 0) is 25.6 Å². The second-order valence-electron chi connectivity index (χ2n) is 8.25. The summed E-state index contributed by atoms with van der Waals surface area (Å²) in [6, 6.07) is 13.0. The second-order valence-corrected chi connectivity index (χ2v) is 8.25. The second kappa shape index (κ2) is 12.4. The highest BCUT2D eigenvalue weighted by molar-refractivity contribution is 5.96. The normalized spacial score (nSPS) is 17.4. The molecule has 1 saturated heterocycles. The standard InChI is InChI=1S/C26H28FN3O4/c27-21-11-8-19(9-12-21)15-23(30-24(32)13-10-18-5-2-1-3-6-18)26(34)29-22(17-31)16-20-7-4-14-28-25(20)33/h1-3,5-6,8-13,17,20,22-23H,4,7,14-16H2,(H,28,33)(H,29,34)(H,30,32)/t20-,22-,23-/m0/s1. The summed E-state index contributed by atoms with van der Waals surface area (Å²) in [6.45, 7) is 0.607. The maximum atomic E-state index is 13.3. The first-order valence-corrected chi connectivity index (χ1v) is 11.3. The Hall–Kier alpha value is -3.81. The summed E-state index contributed by atoms with van der Waals surface area (Å²) < 4.78 is 13.3. The number of hydrogen-bond acceptors (Lipinski definition) is 4. The molecule has 1 aliphatic rings. The van der Waals surface area contributed by atoms with Gasteiger partial charge in [-0.3, -0.25) is 14.4 Å². The number of carbonyl (C=O) groups is 4. The summed E-state index contributed by atoms with van der Waals surface area (Å²) >= 11 is 0. The van der Waals surface area contributed by atoms with Gasteiger partial charge in [0.1, 0.15) is 18.1 Å². The molecule has 0 radical (unpaired) electrons. The first-order chi connectivity index (χ1) is 16.4. The number of amides is 3. The van der Waals surface area contributed by atoms with Crippen LogP contribution in [0.2, 0.25) is 0 Å². The van der Waals surface area contributed by atoms with E-state index in [0.29, 0.717) is 24.8 Å². The fourth-order valence-electron chi connectivity index (χ4n) is 3.82. The minimum Gasteiger partial charge on any atom is -0.356 e. The van der Waals surface area contributed by atoms with Crippen LogP contribution in [0.3, 0.4) is 0 Å². The van der Waals surface area contributed by atoms with Gasteiger partial charge >= 0.3 is 0 Å². The molecule has 0 bridgehead atoms. The quantitative estimate of drug-likeness (QED) is 0.370. The number of rotatable bonds is 10. The highest BCUT2D eigenvalue weighted by Gasteiger charge is 2.28. The average molecular weight is 466 g/mol. The maximum Gasteiger partial charge on any atom is 0.244 e. The van der Waals surface area contributed by atoms with Crippen molar-refractivity contribution in [1.82, 2.24) is 16.0 Å². The summed E-state index contributed by atoms with van der Waals surface area (Å²) in [5.74, 6) is -1.94. The molecule has 3 N–H and O–H groups in total. The number of hydrogen-bond donors (Lipinski definition) is 3. The van der Waals surface area contributed by atoms with Crippen molar-refractivity contribution in [1.29, 1.82) is 0 Å². The van der Waals surface area contributed by atoms with Crippen LogP contribution >= 0.6 is 0 Å². The van der Waals surface area contributed by atoms with Crippen LogP contribution in [0.15, 0.2) is 60.7 Å². The molecule has 3 atom stereocenters. The van der Waals surface area contributed by atoms with E-state index in [-0.39, 0.29) is 24.7 Å². The van der Waals surface area contributed by atoms with E-state index in [0.717, 1.165) is 12.0 Å². The predicted molar refractivity (Wildman–Crippen MR) is 126 cm³/mol. The van der Waals surface area contributed by atoms with Gasteiger partial charge in [0.05, 0.1) is 6.04 Å². The van der Waals surface area contributed by atoms with Crippen LogP contribution in [-0.4, -0.2) is 42.6 Å². The van der Waals surface area contributed by atoms with Gasteiger partial charge in [0.25, 0.3) is 0 Å². The van der Waals surface area contributed by atoms with Crippen molar-refractivity contribution in [3.63, 3.8) is 0 Å². The van der Waals surface area contributed by atoms with Crippen molar-refractivity contribution in [2.45, 2.75) is 37.8 Å². The summed E-state index contributed by atoms with van der Waals surface area (Å²) in [7, 11) is 0.